The van der Waals surface area contributed by atoms with Gasteiger partial charge in [0.25, 0.3) is 0 Å². The maximum absolute atomic E-state index is 5.27. The summed E-state index contributed by atoms with van der Waals surface area (Å²) >= 11 is 0. The van der Waals surface area contributed by atoms with Crippen molar-refractivity contribution < 1.29 is 4.74 Å². The van der Waals surface area contributed by atoms with Crippen LogP contribution in [-0.4, -0.2) is 62.9 Å². The van der Waals surface area contributed by atoms with Crippen LogP contribution < -0.4 is 5.43 Å². The molecule has 0 atom stereocenters. The Kier molecular flexibility index (Phi) is 6.10. The summed E-state index contributed by atoms with van der Waals surface area (Å²) in [6.07, 6.45) is 1.10. The molecule has 0 bridgehead atoms. The number of hydrogen-bond donors (Lipinski definition) is 1. The monoisotopic (exact) mass is 201 g/mol. The standard InChI is InChI=1S/C10H23N3O/c1-3-14-10-4-5-11-13-8-6-12(2)7-9-13/h11H,3-10H2,1-2H3. The van der Waals surface area contributed by atoms with Crippen molar-refractivity contribution in [3.63, 3.8) is 0 Å². The quantitative estimate of drug-likeness (QED) is 0.620. The van der Waals surface area contributed by atoms with E-state index in [-0.39, 0.29) is 0 Å². The maximum Gasteiger partial charge on any atom is 0.0478 e. The summed E-state index contributed by atoms with van der Waals surface area (Å²) in [5.41, 5.74) is 3.43. The Morgan fingerprint density at radius 1 is 1.21 bits per heavy atom. The summed E-state index contributed by atoms with van der Waals surface area (Å²) in [5, 5.41) is 2.31. The van der Waals surface area contributed by atoms with E-state index in [9.17, 15) is 0 Å². The fourth-order valence-corrected chi connectivity index (χ4v) is 1.52. The van der Waals surface area contributed by atoms with Crippen LogP contribution in [0.3, 0.4) is 0 Å². The van der Waals surface area contributed by atoms with Crippen LogP contribution in [-0.2, 0) is 4.74 Å². The van der Waals surface area contributed by atoms with Gasteiger partial charge in [0.1, 0.15) is 0 Å². The number of rotatable bonds is 6. The van der Waals surface area contributed by atoms with Crippen molar-refractivity contribution in [1.29, 1.82) is 0 Å². The van der Waals surface area contributed by atoms with E-state index in [0.717, 1.165) is 39.3 Å². The van der Waals surface area contributed by atoms with Crippen LogP contribution in [0.5, 0.6) is 0 Å². The van der Waals surface area contributed by atoms with E-state index in [0.29, 0.717) is 0 Å². The zero-order valence-electron chi connectivity index (χ0n) is 9.46. The smallest absolute Gasteiger partial charge is 0.0478 e. The van der Waals surface area contributed by atoms with Crippen LogP contribution in [0.4, 0.5) is 0 Å². The molecular weight excluding hydrogens is 178 g/mol. The van der Waals surface area contributed by atoms with Gasteiger partial charge in [-0.2, -0.15) is 0 Å². The summed E-state index contributed by atoms with van der Waals surface area (Å²) < 4.78 is 5.27. The second-order valence-electron chi connectivity index (χ2n) is 3.75. The molecule has 0 amide bonds. The maximum atomic E-state index is 5.27. The summed E-state index contributed by atoms with van der Waals surface area (Å²) in [7, 11) is 2.17. The van der Waals surface area contributed by atoms with Gasteiger partial charge in [0.05, 0.1) is 0 Å². The molecular formula is C10H23N3O. The molecule has 1 heterocycles. The first kappa shape index (κ1) is 11.9. The molecule has 0 unspecified atom stereocenters. The molecule has 0 aromatic carbocycles. The third kappa shape index (κ3) is 4.91. The van der Waals surface area contributed by atoms with E-state index in [1.807, 2.05) is 6.92 Å². The minimum atomic E-state index is 0.828. The SMILES string of the molecule is CCOCCCNN1CCN(C)CC1. The second kappa shape index (κ2) is 7.17. The summed E-state index contributed by atoms with van der Waals surface area (Å²) in [4.78, 5) is 2.36. The molecule has 1 rings (SSSR count). The molecule has 1 N–H and O–H groups in total. The zero-order chi connectivity index (χ0) is 10.2. The topological polar surface area (TPSA) is 27.7 Å². The molecule has 4 heteroatoms. The second-order valence-corrected chi connectivity index (χ2v) is 3.75. The van der Waals surface area contributed by atoms with Gasteiger partial charge in [0, 0.05) is 45.9 Å². The Labute approximate surface area is 87.2 Å². The van der Waals surface area contributed by atoms with E-state index in [2.05, 4.69) is 22.4 Å². The van der Waals surface area contributed by atoms with Gasteiger partial charge in [-0.05, 0) is 20.4 Å². The number of piperazine rings is 1. The number of nitrogens with one attached hydrogen (secondary N) is 1. The van der Waals surface area contributed by atoms with Crippen molar-refractivity contribution in [1.82, 2.24) is 15.3 Å². The highest BCUT2D eigenvalue weighted by Crippen LogP contribution is 1.95. The van der Waals surface area contributed by atoms with Crippen LogP contribution in [0.25, 0.3) is 0 Å². The highest BCUT2D eigenvalue weighted by atomic mass is 16.5. The van der Waals surface area contributed by atoms with Crippen molar-refractivity contribution in [2.24, 2.45) is 0 Å². The van der Waals surface area contributed by atoms with Gasteiger partial charge in [-0.1, -0.05) is 0 Å². The highest BCUT2D eigenvalue weighted by molar-refractivity contribution is 4.65. The number of ether oxygens (including phenoxy) is 1. The number of hydrazine groups is 1. The van der Waals surface area contributed by atoms with E-state index in [1.165, 1.54) is 13.1 Å². The lowest BCUT2D eigenvalue weighted by molar-refractivity contribution is 0.0939. The molecule has 0 aromatic heterocycles. The molecule has 1 saturated heterocycles. The largest absolute Gasteiger partial charge is 0.382 e. The van der Waals surface area contributed by atoms with Gasteiger partial charge in [-0.25, -0.2) is 5.01 Å². The van der Waals surface area contributed by atoms with Crippen LogP contribution in [0, 0.1) is 0 Å². The third-order valence-corrected chi connectivity index (χ3v) is 2.51. The number of nitrogens with zero attached hydrogens (tertiary/aromatic N) is 2. The molecule has 0 saturated carbocycles. The van der Waals surface area contributed by atoms with Gasteiger partial charge >= 0.3 is 0 Å². The lowest BCUT2D eigenvalue weighted by atomic mass is 10.4. The van der Waals surface area contributed by atoms with E-state index in [1.54, 1.807) is 0 Å². The van der Waals surface area contributed by atoms with E-state index >= 15 is 0 Å². The van der Waals surface area contributed by atoms with Gasteiger partial charge < -0.3 is 9.64 Å². The van der Waals surface area contributed by atoms with Gasteiger partial charge in [-0.15, -0.1) is 0 Å². The summed E-state index contributed by atoms with van der Waals surface area (Å²) in [6.45, 7) is 9.36. The van der Waals surface area contributed by atoms with Crippen molar-refractivity contribution >= 4 is 0 Å². The molecule has 0 radical (unpaired) electrons. The predicted molar refractivity (Wildman–Crippen MR) is 58.2 cm³/mol. The first-order valence-electron chi connectivity index (χ1n) is 5.57. The van der Waals surface area contributed by atoms with E-state index < -0.39 is 0 Å². The fourth-order valence-electron chi connectivity index (χ4n) is 1.52. The summed E-state index contributed by atoms with van der Waals surface area (Å²) in [6, 6.07) is 0. The Balaban J connectivity index is 1.91. The molecule has 1 aliphatic rings. The Morgan fingerprint density at radius 2 is 1.93 bits per heavy atom. The molecule has 84 valence electrons. The molecule has 1 fully saturated rings. The minimum Gasteiger partial charge on any atom is -0.382 e. The van der Waals surface area contributed by atoms with Crippen molar-refractivity contribution in [2.75, 3.05) is 53.0 Å². The molecule has 0 aromatic rings. The molecule has 0 aliphatic carbocycles. The van der Waals surface area contributed by atoms with Crippen LogP contribution >= 0.6 is 0 Å². The Morgan fingerprint density at radius 3 is 2.57 bits per heavy atom. The first-order chi connectivity index (χ1) is 6.83. The normalized spacial score (nSPS) is 20.1. The van der Waals surface area contributed by atoms with Crippen LogP contribution in [0.1, 0.15) is 13.3 Å². The van der Waals surface area contributed by atoms with E-state index in [4.69, 9.17) is 4.74 Å². The average molecular weight is 201 g/mol. The minimum absolute atomic E-state index is 0.828. The Hall–Kier alpha value is -0.160. The molecule has 0 spiro atoms. The predicted octanol–water partition coefficient (Wildman–Crippen LogP) is 0.165. The van der Waals surface area contributed by atoms with Gasteiger partial charge in [0.15, 0.2) is 0 Å². The van der Waals surface area contributed by atoms with Crippen molar-refractivity contribution in [2.45, 2.75) is 13.3 Å². The fraction of sp³-hybridized carbons (Fsp3) is 1.00. The lowest BCUT2D eigenvalue weighted by Gasteiger charge is -2.32. The lowest BCUT2D eigenvalue weighted by Crippen LogP contribution is -2.51. The molecule has 1 aliphatic heterocycles. The van der Waals surface area contributed by atoms with Crippen molar-refractivity contribution in [3.05, 3.63) is 0 Å². The Bertz CT molecular complexity index is 135. The first-order valence-corrected chi connectivity index (χ1v) is 5.57. The third-order valence-electron chi connectivity index (χ3n) is 2.51. The molecule has 14 heavy (non-hydrogen) atoms. The number of hydrogen-bond acceptors (Lipinski definition) is 4. The van der Waals surface area contributed by atoms with Crippen molar-refractivity contribution in [3.8, 4) is 0 Å². The number of likely N-dealkylation sites (N-methyl/N-ethyl adjacent to an activating group) is 1. The zero-order valence-corrected chi connectivity index (χ0v) is 9.46. The molecule has 4 nitrogen and oxygen atoms in total. The average Bonchev–Trinajstić information content (AvgIpc) is 2.21. The van der Waals surface area contributed by atoms with Gasteiger partial charge in [-0.3, -0.25) is 5.43 Å². The van der Waals surface area contributed by atoms with Gasteiger partial charge in [0.2, 0.25) is 0 Å². The van der Waals surface area contributed by atoms with Crippen LogP contribution in [0.15, 0.2) is 0 Å². The highest BCUT2D eigenvalue weighted by Gasteiger charge is 2.12. The summed E-state index contributed by atoms with van der Waals surface area (Å²) in [5.74, 6) is 0. The van der Waals surface area contributed by atoms with Crippen LogP contribution in [0.2, 0.25) is 0 Å².